The van der Waals surface area contributed by atoms with Gasteiger partial charge in [-0.05, 0) is 45.1 Å². The molecule has 2 atom stereocenters. The molecule has 1 saturated carbocycles. The smallest absolute Gasteiger partial charge is 0.282 e. The SMILES string of the molecule is C#Cc1cc2cnc(NC3CCN(S(=O)(=O)N4CC(C#N)C4)CC3)nc2n([C@@H]2CCC[C@@]2(C)O)c1=O. The van der Waals surface area contributed by atoms with Crippen LogP contribution in [-0.2, 0) is 10.2 Å². The Hall–Kier alpha value is -3.03. The summed E-state index contributed by atoms with van der Waals surface area (Å²) in [5, 5.41) is 23.7. The standard InChI is InChI=1S/C24H29N7O4S/c1-3-17-11-18-13-26-23(28-21(18)31(22(17)32)20-5-4-8-24(20,2)33)27-19-6-9-29(10-7-19)36(34,35)30-14-16(12-25)15-30/h1,11,13,16,19-20,33H,4-10,14-15H2,2H3,(H,26,27,28)/t20-,24-/m1/s1. The fraction of sp³-hybridized carbons (Fsp3) is 0.583. The van der Waals surface area contributed by atoms with E-state index in [0.717, 1.165) is 6.42 Å². The van der Waals surface area contributed by atoms with Gasteiger partial charge < -0.3 is 10.4 Å². The number of anilines is 1. The third-order valence-electron chi connectivity index (χ3n) is 7.59. The molecule has 2 aromatic heterocycles. The van der Waals surface area contributed by atoms with Gasteiger partial charge in [0, 0.05) is 43.8 Å². The second-order valence-electron chi connectivity index (χ2n) is 10.1. The van der Waals surface area contributed by atoms with E-state index in [4.69, 9.17) is 11.7 Å². The molecule has 0 amide bonds. The minimum Gasteiger partial charge on any atom is -0.388 e. The Labute approximate surface area is 209 Å². The third kappa shape index (κ3) is 4.24. The van der Waals surface area contributed by atoms with Crippen LogP contribution in [0.15, 0.2) is 17.1 Å². The van der Waals surface area contributed by atoms with Gasteiger partial charge >= 0.3 is 0 Å². The second-order valence-corrected chi connectivity index (χ2v) is 12.0. The lowest BCUT2D eigenvalue weighted by Gasteiger charge is -2.40. The average molecular weight is 512 g/mol. The van der Waals surface area contributed by atoms with E-state index < -0.39 is 21.9 Å². The fourth-order valence-electron chi connectivity index (χ4n) is 5.41. The van der Waals surface area contributed by atoms with Gasteiger partial charge in [-0.25, -0.2) is 4.98 Å². The molecular weight excluding hydrogens is 482 g/mol. The van der Waals surface area contributed by atoms with Crippen LogP contribution in [0.4, 0.5) is 5.95 Å². The molecule has 2 N–H and O–H groups in total. The van der Waals surface area contributed by atoms with Gasteiger partial charge in [-0.3, -0.25) is 9.36 Å². The molecule has 3 fully saturated rings. The number of aromatic nitrogens is 3. The van der Waals surface area contributed by atoms with E-state index in [1.54, 1.807) is 19.2 Å². The summed E-state index contributed by atoms with van der Waals surface area (Å²) in [4.78, 5) is 22.2. The molecular formula is C24H29N7O4S. The molecule has 190 valence electrons. The maximum atomic E-state index is 13.2. The van der Waals surface area contributed by atoms with Crippen molar-refractivity contribution in [1.29, 1.82) is 5.26 Å². The van der Waals surface area contributed by atoms with E-state index in [2.05, 4.69) is 27.3 Å². The van der Waals surface area contributed by atoms with Crippen molar-refractivity contribution in [3.8, 4) is 18.4 Å². The maximum Gasteiger partial charge on any atom is 0.282 e. The summed E-state index contributed by atoms with van der Waals surface area (Å²) in [7, 11) is -3.55. The first-order valence-corrected chi connectivity index (χ1v) is 13.6. The summed E-state index contributed by atoms with van der Waals surface area (Å²) in [6.07, 6.45) is 10.3. The number of pyridine rings is 1. The van der Waals surface area contributed by atoms with Crippen LogP contribution in [0.5, 0.6) is 0 Å². The molecule has 2 aliphatic heterocycles. The lowest BCUT2D eigenvalue weighted by atomic mass is 9.99. The summed E-state index contributed by atoms with van der Waals surface area (Å²) in [5.74, 6) is 2.54. The van der Waals surface area contributed by atoms with Crippen LogP contribution in [0, 0.1) is 29.6 Å². The quantitative estimate of drug-likeness (QED) is 0.562. The molecule has 4 heterocycles. The van der Waals surface area contributed by atoms with Crippen molar-refractivity contribution in [2.24, 2.45) is 5.92 Å². The summed E-state index contributed by atoms with van der Waals surface area (Å²) in [5.41, 5.74) is -0.797. The van der Waals surface area contributed by atoms with Crippen LogP contribution in [0.2, 0.25) is 0 Å². The average Bonchev–Trinajstić information content (AvgIpc) is 3.16. The Morgan fingerprint density at radius 1 is 1.25 bits per heavy atom. The topological polar surface area (TPSA) is 144 Å². The Balaban J connectivity index is 1.35. The highest BCUT2D eigenvalue weighted by molar-refractivity contribution is 7.86. The van der Waals surface area contributed by atoms with Crippen molar-refractivity contribution >= 4 is 27.2 Å². The van der Waals surface area contributed by atoms with Gasteiger partial charge in [-0.2, -0.15) is 27.3 Å². The number of nitriles is 1. The largest absolute Gasteiger partial charge is 0.388 e. The summed E-state index contributed by atoms with van der Waals surface area (Å²) >= 11 is 0. The minimum absolute atomic E-state index is 0.0445. The van der Waals surface area contributed by atoms with Gasteiger partial charge in [0.15, 0.2) is 0 Å². The molecule has 0 unspecified atom stereocenters. The molecule has 0 radical (unpaired) electrons. The number of piperidine rings is 1. The molecule has 0 bridgehead atoms. The molecule has 36 heavy (non-hydrogen) atoms. The highest BCUT2D eigenvalue weighted by Crippen LogP contribution is 2.39. The molecule has 2 aromatic rings. The number of nitrogens with zero attached hydrogens (tertiary/aromatic N) is 6. The van der Waals surface area contributed by atoms with Crippen molar-refractivity contribution in [2.45, 2.75) is 56.7 Å². The van der Waals surface area contributed by atoms with Crippen LogP contribution < -0.4 is 10.9 Å². The van der Waals surface area contributed by atoms with E-state index in [-0.39, 0.29) is 36.2 Å². The zero-order valence-corrected chi connectivity index (χ0v) is 20.9. The predicted molar refractivity (Wildman–Crippen MR) is 133 cm³/mol. The van der Waals surface area contributed by atoms with Gasteiger partial charge in [0.05, 0.1) is 29.2 Å². The van der Waals surface area contributed by atoms with Gasteiger partial charge in [-0.15, -0.1) is 6.42 Å². The first-order chi connectivity index (χ1) is 17.1. The van der Waals surface area contributed by atoms with Crippen molar-refractivity contribution in [3.05, 3.63) is 28.2 Å². The molecule has 2 saturated heterocycles. The Morgan fingerprint density at radius 2 is 1.97 bits per heavy atom. The first kappa shape index (κ1) is 24.7. The third-order valence-corrected chi connectivity index (χ3v) is 9.56. The number of rotatable bonds is 5. The van der Waals surface area contributed by atoms with E-state index in [9.17, 15) is 18.3 Å². The number of terminal acetylenes is 1. The van der Waals surface area contributed by atoms with Crippen molar-refractivity contribution < 1.29 is 13.5 Å². The molecule has 5 rings (SSSR count). The Morgan fingerprint density at radius 3 is 2.58 bits per heavy atom. The zero-order chi connectivity index (χ0) is 25.7. The molecule has 3 aliphatic rings. The lowest BCUT2D eigenvalue weighted by Crippen LogP contribution is -2.56. The fourth-order valence-corrected chi connectivity index (χ4v) is 7.14. The molecule has 11 nitrogen and oxygen atoms in total. The van der Waals surface area contributed by atoms with Gasteiger partial charge in [0.1, 0.15) is 5.65 Å². The maximum absolute atomic E-state index is 13.2. The normalized spacial score (nSPS) is 26.4. The first-order valence-electron chi connectivity index (χ1n) is 12.2. The number of aliphatic hydroxyl groups is 1. The molecule has 1 aliphatic carbocycles. The van der Waals surface area contributed by atoms with E-state index >= 15 is 0 Å². The predicted octanol–water partition coefficient (Wildman–Crippen LogP) is 0.825. The second kappa shape index (κ2) is 9.12. The van der Waals surface area contributed by atoms with Crippen molar-refractivity contribution in [2.75, 3.05) is 31.5 Å². The van der Waals surface area contributed by atoms with Crippen molar-refractivity contribution in [1.82, 2.24) is 23.1 Å². The highest BCUT2D eigenvalue weighted by Gasteiger charge is 2.41. The monoisotopic (exact) mass is 511 g/mol. The number of hydrogen-bond acceptors (Lipinski definition) is 8. The lowest BCUT2D eigenvalue weighted by molar-refractivity contribution is 0.0266. The highest BCUT2D eigenvalue weighted by atomic mass is 32.2. The Bertz CT molecular complexity index is 1430. The van der Waals surface area contributed by atoms with E-state index in [0.29, 0.717) is 55.8 Å². The van der Waals surface area contributed by atoms with Gasteiger partial charge in [0.25, 0.3) is 15.8 Å². The van der Waals surface area contributed by atoms with E-state index in [1.165, 1.54) is 13.2 Å². The number of fused-ring (bicyclic) bond motifs is 1. The van der Waals surface area contributed by atoms with Crippen LogP contribution in [0.25, 0.3) is 11.0 Å². The zero-order valence-electron chi connectivity index (χ0n) is 20.1. The molecule has 12 heteroatoms. The summed E-state index contributed by atoms with van der Waals surface area (Å²) in [6.45, 7) is 2.93. The van der Waals surface area contributed by atoms with Crippen LogP contribution in [0.3, 0.4) is 0 Å². The van der Waals surface area contributed by atoms with Crippen LogP contribution >= 0.6 is 0 Å². The minimum atomic E-state index is -3.55. The number of hydrogen-bond donors (Lipinski definition) is 2. The Kier molecular flexibility index (Phi) is 6.25. The summed E-state index contributed by atoms with van der Waals surface area (Å²) in [6, 6.07) is 3.20. The van der Waals surface area contributed by atoms with Crippen LogP contribution in [-0.4, -0.2) is 74.5 Å². The van der Waals surface area contributed by atoms with Gasteiger partial charge in [0.2, 0.25) is 5.95 Å². The summed E-state index contributed by atoms with van der Waals surface area (Å²) < 4.78 is 29.9. The molecule has 0 aromatic carbocycles. The van der Waals surface area contributed by atoms with Gasteiger partial charge in [-0.1, -0.05) is 5.92 Å². The van der Waals surface area contributed by atoms with Crippen LogP contribution in [0.1, 0.15) is 50.6 Å². The molecule has 0 spiro atoms. The van der Waals surface area contributed by atoms with E-state index in [1.807, 2.05) is 0 Å². The van der Waals surface area contributed by atoms with Crippen molar-refractivity contribution in [3.63, 3.8) is 0 Å². The number of nitrogens with one attached hydrogen (secondary N) is 1.